The van der Waals surface area contributed by atoms with Crippen molar-refractivity contribution in [3.8, 4) is 17.6 Å². The molecule has 0 atom stereocenters. The van der Waals surface area contributed by atoms with Crippen LogP contribution < -0.4 is 9.47 Å². The minimum atomic E-state index is -0.226. The second-order valence-electron chi connectivity index (χ2n) is 10.3. The van der Waals surface area contributed by atoms with Crippen molar-refractivity contribution in [3.05, 3.63) is 131 Å². The van der Waals surface area contributed by atoms with Gasteiger partial charge in [-0.15, -0.1) is 0 Å². The molecule has 0 saturated heterocycles. The summed E-state index contributed by atoms with van der Waals surface area (Å²) in [6.07, 6.45) is 11.1. The third kappa shape index (κ3) is 10.2. The molecule has 4 heteroatoms. The van der Waals surface area contributed by atoms with Crippen LogP contribution in [-0.2, 0) is 26.1 Å². The van der Waals surface area contributed by atoms with Crippen LogP contribution in [0.15, 0.2) is 97.1 Å². The maximum atomic E-state index is 13.0. The summed E-state index contributed by atoms with van der Waals surface area (Å²) in [6, 6.07) is 32.8. The maximum absolute atomic E-state index is 13.0. The van der Waals surface area contributed by atoms with Crippen LogP contribution in [0.1, 0.15) is 72.8 Å². The Balaban J connectivity index is 1.00. The van der Waals surface area contributed by atoms with Crippen LogP contribution >= 0.6 is 0 Å². The van der Waals surface area contributed by atoms with E-state index in [4.69, 9.17) is 14.7 Å². The first-order chi connectivity index (χ1) is 19.7. The molecule has 3 nitrogen and oxygen atoms in total. The van der Waals surface area contributed by atoms with Crippen molar-refractivity contribution in [1.82, 2.24) is 0 Å². The number of hydrogen-bond acceptors (Lipinski definition) is 3. The van der Waals surface area contributed by atoms with E-state index in [0.29, 0.717) is 18.8 Å². The number of nitrogens with zero attached hydrogens (tertiary/aromatic N) is 1. The number of ether oxygens (including phenoxy) is 2. The lowest BCUT2D eigenvalue weighted by molar-refractivity contribution is 0.306. The van der Waals surface area contributed by atoms with Gasteiger partial charge in [0, 0.05) is 0 Å². The Bertz CT molecular complexity index is 1310. The van der Waals surface area contributed by atoms with Gasteiger partial charge in [-0.3, -0.25) is 0 Å². The molecule has 0 bridgehead atoms. The predicted molar refractivity (Wildman–Crippen MR) is 159 cm³/mol. The molecular formula is C36H38FNO2. The molecule has 0 aliphatic heterocycles. The Morgan fingerprint density at radius 3 is 1.27 bits per heavy atom. The smallest absolute Gasteiger partial charge is 0.123 e. The van der Waals surface area contributed by atoms with Gasteiger partial charge in [-0.2, -0.15) is 5.26 Å². The summed E-state index contributed by atoms with van der Waals surface area (Å²) in [5.74, 6) is 1.49. The summed E-state index contributed by atoms with van der Waals surface area (Å²) in [5, 5.41) is 8.89. The van der Waals surface area contributed by atoms with Crippen LogP contribution in [0.25, 0.3) is 0 Å². The lowest BCUT2D eigenvalue weighted by Gasteiger charge is -2.08. The topological polar surface area (TPSA) is 42.2 Å². The van der Waals surface area contributed by atoms with Crippen molar-refractivity contribution in [1.29, 1.82) is 5.26 Å². The molecule has 0 amide bonds. The first kappa shape index (κ1) is 28.9. The molecule has 0 aliphatic carbocycles. The fourth-order valence-corrected chi connectivity index (χ4v) is 4.64. The van der Waals surface area contributed by atoms with Gasteiger partial charge < -0.3 is 9.47 Å². The van der Waals surface area contributed by atoms with Gasteiger partial charge in [0.05, 0.1) is 11.6 Å². The zero-order valence-electron chi connectivity index (χ0n) is 23.2. The molecule has 0 aromatic heterocycles. The molecule has 0 fully saturated rings. The predicted octanol–water partition coefficient (Wildman–Crippen LogP) is 9.37. The van der Waals surface area contributed by atoms with E-state index < -0.39 is 0 Å². The first-order valence-corrected chi connectivity index (χ1v) is 14.3. The van der Waals surface area contributed by atoms with Crippen LogP contribution in [0, 0.1) is 17.1 Å². The zero-order chi connectivity index (χ0) is 27.8. The molecule has 0 N–H and O–H groups in total. The van der Waals surface area contributed by atoms with E-state index in [1.54, 1.807) is 12.1 Å². The minimum absolute atomic E-state index is 0.226. The molecule has 40 heavy (non-hydrogen) atoms. The number of rotatable bonds is 16. The van der Waals surface area contributed by atoms with Gasteiger partial charge in [-0.1, -0.05) is 80.6 Å². The Kier molecular flexibility index (Phi) is 11.6. The number of nitriles is 1. The minimum Gasteiger partial charge on any atom is -0.489 e. The van der Waals surface area contributed by atoms with E-state index in [-0.39, 0.29) is 5.82 Å². The third-order valence-corrected chi connectivity index (χ3v) is 7.08. The summed E-state index contributed by atoms with van der Waals surface area (Å²) in [6.45, 7) is 0.954. The van der Waals surface area contributed by atoms with E-state index >= 15 is 0 Å². The fraction of sp³-hybridized carbons (Fsp3) is 0.306. The summed E-state index contributed by atoms with van der Waals surface area (Å²) >= 11 is 0. The van der Waals surface area contributed by atoms with Crippen LogP contribution in [0.3, 0.4) is 0 Å². The normalized spacial score (nSPS) is 10.7. The molecule has 0 unspecified atom stereocenters. The zero-order valence-corrected chi connectivity index (χ0v) is 23.2. The summed E-state index contributed by atoms with van der Waals surface area (Å²) in [4.78, 5) is 0. The molecule has 4 aromatic carbocycles. The van der Waals surface area contributed by atoms with Crippen LogP contribution in [0.2, 0.25) is 0 Å². The number of hydrogen-bond donors (Lipinski definition) is 0. The highest BCUT2D eigenvalue weighted by Gasteiger charge is 2.01. The number of aryl methyl sites for hydroxylation is 2. The average Bonchev–Trinajstić information content (AvgIpc) is 3.00. The van der Waals surface area contributed by atoms with Gasteiger partial charge >= 0.3 is 0 Å². The van der Waals surface area contributed by atoms with Gasteiger partial charge in [0.1, 0.15) is 30.5 Å². The number of halogens is 1. The largest absolute Gasteiger partial charge is 0.489 e. The summed E-state index contributed by atoms with van der Waals surface area (Å²) in [5.41, 5.74) is 5.39. The van der Waals surface area contributed by atoms with Crippen molar-refractivity contribution in [3.63, 3.8) is 0 Å². The van der Waals surface area contributed by atoms with Crippen LogP contribution in [0.4, 0.5) is 4.39 Å². The van der Waals surface area contributed by atoms with E-state index in [1.165, 1.54) is 68.2 Å². The van der Waals surface area contributed by atoms with Gasteiger partial charge in [0.15, 0.2) is 0 Å². The molecular weight excluding hydrogens is 497 g/mol. The van der Waals surface area contributed by atoms with Gasteiger partial charge in [-0.05, 0) is 96.5 Å². The summed E-state index contributed by atoms with van der Waals surface area (Å²) < 4.78 is 24.7. The van der Waals surface area contributed by atoms with Crippen molar-refractivity contribution in [2.45, 2.75) is 71.0 Å². The quantitative estimate of drug-likeness (QED) is 0.134. The van der Waals surface area contributed by atoms with Gasteiger partial charge in [-0.25, -0.2) is 4.39 Å². The van der Waals surface area contributed by atoms with Crippen molar-refractivity contribution >= 4 is 0 Å². The third-order valence-electron chi connectivity index (χ3n) is 7.08. The Morgan fingerprint density at radius 2 is 0.850 bits per heavy atom. The Morgan fingerprint density at radius 1 is 0.475 bits per heavy atom. The molecule has 206 valence electrons. The highest BCUT2D eigenvalue weighted by Crippen LogP contribution is 2.19. The van der Waals surface area contributed by atoms with Crippen molar-refractivity contribution < 1.29 is 13.9 Å². The van der Waals surface area contributed by atoms with Crippen molar-refractivity contribution in [2.24, 2.45) is 0 Å². The second-order valence-corrected chi connectivity index (χ2v) is 10.3. The first-order valence-electron chi connectivity index (χ1n) is 14.3. The highest BCUT2D eigenvalue weighted by molar-refractivity contribution is 5.32. The lowest BCUT2D eigenvalue weighted by atomic mass is 10.0. The maximum Gasteiger partial charge on any atom is 0.123 e. The van der Waals surface area contributed by atoms with Gasteiger partial charge in [0.2, 0.25) is 0 Å². The Hall–Kier alpha value is -4.10. The standard InChI is InChI=1S/C36H38FNO2/c37-34-20-14-33(15-21-34)28-40-36-24-18-30(19-25-36)9-7-5-3-1-2-4-6-8-29-16-22-35(23-17-29)39-27-32-12-10-31(26-38)11-13-32/h10-25H,1-9,27-28H2. The molecule has 4 aromatic rings. The average molecular weight is 536 g/mol. The van der Waals surface area contributed by atoms with E-state index in [2.05, 4.69) is 30.3 Å². The summed E-state index contributed by atoms with van der Waals surface area (Å²) in [7, 11) is 0. The molecule has 0 spiro atoms. The Labute approximate surface area is 238 Å². The van der Waals surface area contributed by atoms with E-state index in [0.717, 1.165) is 35.5 Å². The fourth-order valence-electron chi connectivity index (χ4n) is 4.64. The molecule has 4 rings (SSSR count). The lowest BCUT2D eigenvalue weighted by Crippen LogP contribution is -1.96. The van der Waals surface area contributed by atoms with Gasteiger partial charge in [0.25, 0.3) is 0 Å². The second kappa shape index (κ2) is 16.1. The molecule has 0 radical (unpaired) electrons. The van der Waals surface area contributed by atoms with Crippen molar-refractivity contribution in [2.75, 3.05) is 0 Å². The van der Waals surface area contributed by atoms with Crippen LogP contribution in [0.5, 0.6) is 11.5 Å². The van der Waals surface area contributed by atoms with E-state index in [1.807, 2.05) is 48.5 Å². The number of unbranched alkanes of at least 4 members (excludes halogenated alkanes) is 6. The molecule has 0 aliphatic rings. The molecule has 0 heterocycles. The van der Waals surface area contributed by atoms with Crippen LogP contribution in [-0.4, -0.2) is 0 Å². The number of benzene rings is 4. The highest BCUT2D eigenvalue weighted by atomic mass is 19.1. The SMILES string of the molecule is N#Cc1ccc(COc2ccc(CCCCCCCCCc3ccc(OCc4ccc(F)cc4)cc3)cc2)cc1. The van der Waals surface area contributed by atoms with E-state index in [9.17, 15) is 4.39 Å². The molecule has 0 saturated carbocycles. The monoisotopic (exact) mass is 535 g/mol.